The van der Waals surface area contributed by atoms with Gasteiger partial charge in [-0.15, -0.1) is 0 Å². The Morgan fingerprint density at radius 2 is 1.82 bits per heavy atom. The second kappa shape index (κ2) is 6.72. The van der Waals surface area contributed by atoms with Crippen molar-refractivity contribution in [3.05, 3.63) is 48.0 Å². The molecule has 0 spiro atoms. The van der Waals surface area contributed by atoms with Crippen molar-refractivity contribution >= 4 is 17.0 Å². The van der Waals surface area contributed by atoms with Crippen LogP contribution in [0.15, 0.2) is 47.4 Å². The number of rotatable bonds is 4. The molecule has 0 N–H and O–H groups in total. The Hall–Kier alpha value is -2.18. The van der Waals surface area contributed by atoms with Gasteiger partial charge in [-0.3, -0.25) is 9.00 Å². The van der Waals surface area contributed by atoms with Crippen molar-refractivity contribution < 1.29 is 18.3 Å². The lowest BCUT2D eigenvalue weighted by molar-refractivity contribution is 0.0827. The van der Waals surface area contributed by atoms with Gasteiger partial charge in [-0.25, -0.2) is 0 Å². The van der Waals surface area contributed by atoms with Crippen LogP contribution in [0.5, 0.6) is 5.75 Å². The van der Waals surface area contributed by atoms with Crippen LogP contribution in [0.2, 0.25) is 0 Å². The van der Waals surface area contributed by atoms with E-state index < -0.39 is 11.1 Å². The van der Waals surface area contributed by atoms with Crippen LogP contribution in [0.3, 0.4) is 0 Å². The molecule has 0 aliphatic rings. The average Bonchev–Trinajstić information content (AvgIpc) is 2.53. The lowest BCUT2D eigenvalue weighted by Gasteiger charge is -2.14. The molecule has 1 unspecified atom stereocenters. The van der Waals surface area contributed by atoms with Gasteiger partial charge in [0.15, 0.2) is 0 Å². The lowest BCUT2D eigenvalue weighted by Crippen LogP contribution is -2.21. The van der Waals surface area contributed by atoms with Crippen LogP contribution < -0.4 is 4.74 Å². The van der Waals surface area contributed by atoms with Crippen molar-refractivity contribution in [2.75, 3.05) is 21.2 Å². The number of hydrogen-bond donors (Lipinski definition) is 0. The molecule has 2 aromatic carbocycles. The number of nitrogens with zero attached hydrogens (tertiary/aromatic N) is 1. The minimum atomic E-state index is -2.40. The van der Waals surface area contributed by atoms with Gasteiger partial charge in [0.25, 0.3) is 5.91 Å². The Labute approximate surface area is 131 Å². The first kappa shape index (κ1) is 16.2. The predicted octanol–water partition coefficient (Wildman–Crippen LogP) is 2.30. The van der Waals surface area contributed by atoms with Crippen molar-refractivity contribution in [2.24, 2.45) is 0 Å². The summed E-state index contributed by atoms with van der Waals surface area (Å²) in [4.78, 5) is 13.6. The molecule has 0 heterocycles. The molecule has 0 bridgehead atoms. The van der Waals surface area contributed by atoms with Crippen LogP contribution in [0.4, 0.5) is 0 Å². The summed E-state index contributed by atoms with van der Waals surface area (Å²) >= 11 is -2.40. The van der Waals surface area contributed by atoms with Gasteiger partial charge in [0.05, 0.1) is 12.0 Å². The molecule has 0 fully saturated rings. The zero-order chi connectivity index (χ0) is 16.3. The molecular formula is C16H16NO4S-. The van der Waals surface area contributed by atoms with E-state index in [9.17, 15) is 13.6 Å². The fraction of sp³-hybridized carbons (Fsp3) is 0.188. The molecule has 0 radical (unpaired) electrons. The molecule has 22 heavy (non-hydrogen) atoms. The number of amides is 1. The van der Waals surface area contributed by atoms with E-state index in [0.29, 0.717) is 11.1 Å². The molecule has 0 aliphatic carbocycles. The molecule has 0 aliphatic heterocycles. The maximum absolute atomic E-state index is 12.0. The fourth-order valence-corrected chi connectivity index (χ4v) is 2.62. The molecule has 2 rings (SSSR count). The second-order valence-corrected chi connectivity index (χ2v) is 5.79. The van der Waals surface area contributed by atoms with E-state index >= 15 is 0 Å². The van der Waals surface area contributed by atoms with Gasteiger partial charge in [-0.2, -0.15) is 0 Å². The van der Waals surface area contributed by atoms with E-state index in [-0.39, 0.29) is 16.6 Å². The quantitative estimate of drug-likeness (QED) is 0.811. The highest BCUT2D eigenvalue weighted by atomic mass is 32.2. The summed E-state index contributed by atoms with van der Waals surface area (Å²) in [5.74, 6) is 0.181. The van der Waals surface area contributed by atoms with E-state index in [1.807, 2.05) is 6.07 Å². The maximum Gasteiger partial charge on any atom is 0.253 e. The first-order valence-electron chi connectivity index (χ1n) is 6.53. The third-order valence-electron chi connectivity index (χ3n) is 3.19. The Kier molecular flexibility index (Phi) is 4.95. The van der Waals surface area contributed by atoms with Gasteiger partial charge in [0.1, 0.15) is 5.75 Å². The standard InChI is InChI=1S/C16H17NO4S/c1-17(2)16(18)13-6-4-5-11(9-13)12-7-8-14(21-3)15(10-12)22(19)20/h4-10H,1-3H3,(H,19,20)/p-1. The Bertz CT molecular complexity index is 728. The highest BCUT2D eigenvalue weighted by molar-refractivity contribution is 7.79. The zero-order valence-corrected chi connectivity index (χ0v) is 13.3. The van der Waals surface area contributed by atoms with Gasteiger partial charge < -0.3 is 14.2 Å². The van der Waals surface area contributed by atoms with Gasteiger partial charge in [0.2, 0.25) is 0 Å². The SMILES string of the molecule is COc1ccc(-c2cccc(C(=O)N(C)C)c2)cc1S(=O)[O-]. The number of hydrogen-bond acceptors (Lipinski definition) is 4. The molecule has 1 atom stereocenters. The third-order valence-corrected chi connectivity index (χ3v) is 3.87. The molecule has 1 amide bonds. The normalized spacial score (nSPS) is 11.8. The van der Waals surface area contributed by atoms with Crippen molar-refractivity contribution in [1.29, 1.82) is 0 Å². The predicted molar refractivity (Wildman–Crippen MR) is 83.6 cm³/mol. The smallest absolute Gasteiger partial charge is 0.253 e. The van der Waals surface area contributed by atoms with E-state index in [1.165, 1.54) is 18.1 Å². The molecule has 5 nitrogen and oxygen atoms in total. The number of carbonyl (C=O) groups is 1. The Morgan fingerprint density at radius 3 is 2.41 bits per heavy atom. The molecule has 0 aromatic heterocycles. The second-order valence-electron chi connectivity index (χ2n) is 4.88. The van der Waals surface area contributed by atoms with Crippen LogP contribution >= 0.6 is 0 Å². The van der Waals surface area contributed by atoms with E-state index in [1.54, 1.807) is 44.4 Å². The zero-order valence-electron chi connectivity index (χ0n) is 12.5. The fourth-order valence-electron chi connectivity index (χ4n) is 2.08. The van der Waals surface area contributed by atoms with Crippen molar-refractivity contribution in [3.63, 3.8) is 0 Å². The molecule has 0 saturated carbocycles. The summed E-state index contributed by atoms with van der Waals surface area (Å²) in [7, 11) is 4.78. The summed E-state index contributed by atoms with van der Waals surface area (Å²) in [6.07, 6.45) is 0. The maximum atomic E-state index is 12.0. The summed E-state index contributed by atoms with van der Waals surface area (Å²) < 4.78 is 27.6. The molecule has 2 aromatic rings. The Balaban J connectivity index is 2.48. The highest BCUT2D eigenvalue weighted by Crippen LogP contribution is 2.29. The van der Waals surface area contributed by atoms with E-state index in [0.717, 1.165) is 5.56 Å². The molecule has 0 saturated heterocycles. The monoisotopic (exact) mass is 318 g/mol. The number of ether oxygens (including phenoxy) is 1. The number of benzene rings is 2. The van der Waals surface area contributed by atoms with Gasteiger partial charge in [-0.1, -0.05) is 18.2 Å². The first-order chi connectivity index (χ1) is 10.4. The molecule has 6 heteroatoms. The van der Waals surface area contributed by atoms with Crippen LogP contribution in [0.25, 0.3) is 11.1 Å². The minimum Gasteiger partial charge on any atom is -0.768 e. The van der Waals surface area contributed by atoms with Gasteiger partial charge >= 0.3 is 0 Å². The first-order valence-corrected chi connectivity index (χ1v) is 7.61. The minimum absolute atomic E-state index is 0.0874. The number of methoxy groups -OCH3 is 1. The average molecular weight is 318 g/mol. The summed E-state index contributed by atoms with van der Waals surface area (Å²) in [6.45, 7) is 0. The van der Waals surface area contributed by atoms with Gasteiger partial charge in [0, 0.05) is 19.7 Å². The van der Waals surface area contributed by atoms with Crippen LogP contribution in [-0.4, -0.2) is 40.8 Å². The van der Waals surface area contributed by atoms with Crippen molar-refractivity contribution in [3.8, 4) is 16.9 Å². The summed E-state index contributed by atoms with van der Waals surface area (Å²) in [6, 6.07) is 11.9. The van der Waals surface area contributed by atoms with Crippen molar-refractivity contribution in [1.82, 2.24) is 4.90 Å². The highest BCUT2D eigenvalue weighted by Gasteiger charge is 2.11. The van der Waals surface area contributed by atoms with E-state index in [4.69, 9.17) is 4.74 Å². The van der Waals surface area contributed by atoms with Crippen LogP contribution in [0.1, 0.15) is 10.4 Å². The van der Waals surface area contributed by atoms with Crippen molar-refractivity contribution in [2.45, 2.75) is 4.90 Å². The third kappa shape index (κ3) is 3.35. The topological polar surface area (TPSA) is 69.7 Å². The lowest BCUT2D eigenvalue weighted by atomic mass is 10.0. The molecular weight excluding hydrogens is 302 g/mol. The Morgan fingerprint density at radius 1 is 1.14 bits per heavy atom. The molecule has 116 valence electrons. The largest absolute Gasteiger partial charge is 0.768 e. The summed E-state index contributed by atoms with van der Waals surface area (Å²) in [5.41, 5.74) is 2.01. The van der Waals surface area contributed by atoms with E-state index in [2.05, 4.69) is 0 Å². The van der Waals surface area contributed by atoms with Gasteiger partial charge in [-0.05, 0) is 46.5 Å². The van der Waals surface area contributed by atoms with Crippen LogP contribution in [0, 0.1) is 0 Å². The van der Waals surface area contributed by atoms with Crippen LogP contribution in [-0.2, 0) is 11.1 Å². The summed E-state index contributed by atoms with van der Waals surface area (Å²) in [5, 5.41) is 0. The number of carbonyl (C=O) groups excluding carboxylic acids is 1.